The van der Waals surface area contributed by atoms with E-state index < -0.39 is 0 Å². The summed E-state index contributed by atoms with van der Waals surface area (Å²) >= 11 is 0. The summed E-state index contributed by atoms with van der Waals surface area (Å²) in [6, 6.07) is 12.5. The molecule has 1 spiro atoms. The second kappa shape index (κ2) is 9.28. The first kappa shape index (κ1) is 22.7. The maximum absolute atomic E-state index is 13.5. The number of carbonyl (C=O) groups is 2. The predicted molar refractivity (Wildman–Crippen MR) is 127 cm³/mol. The number of hydrogen-bond donors (Lipinski definition) is 3. The molecule has 0 heterocycles. The van der Waals surface area contributed by atoms with Gasteiger partial charge in [-0.25, -0.2) is 9.18 Å². The molecule has 0 bridgehead atoms. The Bertz CT molecular complexity index is 1060. The standard InChI is InChI=1S/C27H32FN3O3/c1-34-22-8-5-17(6-9-22)16-29-26(33)30-21-14-27(15-21)12-19(13-27)25(32)31-24-4-2-3-18-11-20(28)7-10-23(18)24/h5-11,19,21,24H,2-4,12-16H2,1H3,(H,31,32)(H2,29,30,33)/t19?,21?,24-,27?/m1/s1. The third-order valence-electron chi connectivity index (χ3n) is 7.77. The molecule has 2 aromatic rings. The quantitative estimate of drug-likeness (QED) is 0.592. The molecule has 180 valence electrons. The van der Waals surface area contributed by atoms with Gasteiger partial charge in [0, 0.05) is 18.5 Å². The zero-order valence-electron chi connectivity index (χ0n) is 19.5. The van der Waals surface area contributed by atoms with Gasteiger partial charge in [-0.15, -0.1) is 0 Å². The third kappa shape index (κ3) is 4.74. The first-order chi connectivity index (χ1) is 16.4. The van der Waals surface area contributed by atoms with Crippen LogP contribution >= 0.6 is 0 Å². The highest BCUT2D eigenvalue weighted by Gasteiger charge is 2.55. The van der Waals surface area contributed by atoms with Crippen molar-refractivity contribution in [2.24, 2.45) is 11.3 Å². The third-order valence-corrected chi connectivity index (χ3v) is 7.77. The van der Waals surface area contributed by atoms with Crippen LogP contribution in [0.15, 0.2) is 42.5 Å². The topological polar surface area (TPSA) is 79.5 Å². The number of amides is 3. The molecule has 2 saturated carbocycles. The number of aryl methyl sites for hydroxylation is 1. The summed E-state index contributed by atoms with van der Waals surface area (Å²) in [4.78, 5) is 25.1. The fourth-order valence-corrected chi connectivity index (χ4v) is 5.98. The summed E-state index contributed by atoms with van der Waals surface area (Å²) in [6.07, 6.45) is 6.36. The Morgan fingerprint density at radius 2 is 1.82 bits per heavy atom. The number of urea groups is 1. The smallest absolute Gasteiger partial charge is 0.315 e. The lowest BCUT2D eigenvalue weighted by molar-refractivity contribution is -0.139. The van der Waals surface area contributed by atoms with Crippen molar-refractivity contribution in [3.8, 4) is 5.75 Å². The van der Waals surface area contributed by atoms with Crippen LogP contribution < -0.4 is 20.7 Å². The fraction of sp³-hybridized carbons (Fsp3) is 0.481. The molecular formula is C27H32FN3O3. The molecule has 3 aliphatic carbocycles. The SMILES string of the molecule is COc1ccc(CNC(=O)NC2CC3(C2)CC(C(=O)N[C@@H]2CCCc4cc(F)ccc42)C3)cc1. The van der Waals surface area contributed by atoms with Crippen molar-refractivity contribution in [1.29, 1.82) is 0 Å². The molecule has 1 atom stereocenters. The molecule has 3 N–H and O–H groups in total. The highest BCUT2D eigenvalue weighted by Crippen LogP contribution is 2.58. The Labute approximate surface area is 199 Å². The Morgan fingerprint density at radius 3 is 2.56 bits per heavy atom. The minimum atomic E-state index is -0.214. The number of fused-ring (bicyclic) bond motifs is 1. The molecule has 2 aromatic carbocycles. The van der Waals surface area contributed by atoms with Crippen molar-refractivity contribution >= 4 is 11.9 Å². The molecule has 7 heteroatoms. The summed E-state index contributed by atoms with van der Waals surface area (Å²) in [5, 5.41) is 9.17. The Morgan fingerprint density at radius 1 is 1.06 bits per heavy atom. The minimum Gasteiger partial charge on any atom is -0.497 e. The normalized spacial score (nSPS) is 27.1. The van der Waals surface area contributed by atoms with Gasteiger partial charge in [0.25, 0.3) is 0 Å². The van der Waals surface area contributed by atoms with Crippen LogP contribution in [0.3, 0.4) is 0 Å². The highest BCUT2D eigenvalue weighted by molar-refractivity contribution is 5.80. The van der Waals surface area contributed by atoms with E-state index in [0.29, 0.717) is 6.54 Å². The molecule has 2 fully saturated rings. The van der Waals surface area contributed by atoms with Crippen LogP contribution in [-0.4, -0.2) is 25.1 Å². The van der Waals surface area contributed by atoms with E-state index in [2.05, 4.69) is 16.0 Å². The van der Waals surface area contributed by atoms with E-state index in [1.54, 1.807) is 13.2 Å². The summed E-state index contributed by atoms with van der Waals surface area (Å²) < 4.78 is 18.7. The predicted octanol–water partition coefficient (Wildman–Crippen LogP) is 4.39. The largest absolute Gasteiger partial charge is 0.497 e. The zero-order chi connectivity index (χ0) is 23.7. The summed E-state index contributed by atoms with van der Waals surface area (Å²) in [5.74, 6) is 0.728. The molecule has 5 rings (SSSR count). The van der Waals surface area contributed by atoms with E-state index in [4.69, 9.17) is 4.74 Å². The number of ether oxygens (including phenoxy) is 1. The Balaban J connectivity index is 1.03. The fourth-order valence-electron chi connectivity index (χ4n) is 5.98. The maximum Gasteiger partial charge on any atom is 0.315 e. The van der Waals surface area contributed by atoms with Gasteiger partial charge in [0.05, 0.1) is 13.2 Å². The van der Waals surface area contributed by atoms with E-state index in [-0.39, 0.29) is 41.2 Å². The second-order valence-electron chi connectivity index (χ2n) is 10.2. The number of nitrogens with one attached hydrogen (secondary N) is 3. The van der Waals surface area contributed by atoms with E-state index in [0.717, 1.165) is 67.4 Å². The molecule has 0 unspecified atom stereocenters. The number of halogens is 1. The van der Waals surface area contributed by atoms with Crippen molar-refractivity contribution in [3.63, 3.8) is 0 Å². The van der Waals surface area contributed by atoms with Gasteiger partial charge < -0.3 is 20.7 Å². The van der Waals surface area contributed by atoms with Crippen LogP contribution in [0.25, 0.3) is 0 Å². The number of carbonyl (C=O) groups excluding carboxylic acids is 2. The van der Waals surface area contributed by atoms with Gasteiger partial charge in [0.1, 0.15) is 11.6 Å². The summed E-state index contributed by atoms with van der Waals surface area (Å²) in [6.45, 7) is 0.465. The Hall–Kier alpha value is -3.09. The van der Waals surface area contributed by atoms with Gasteiger partial charge in [-0.1, -0.05) is 18.2 Å². The maximum atomic E-state index is 13.5. The van der Waals surface area contributed by atoms with Gasteiger partial charge in [0.2, 0.25) is 5.91 Å². The number of methoxy groups -OCH3 is 1. The lowest BCUT2D eigenvalue weighted by atomic mass is 9.50. The molecule has 34 heavy (non-hydrogen) atoms. The van der Waals surface area contributed by atoms with E-state index in [1.165, 1.54) is 6.07 Å². The summed E-state index contributed by atoms with van der Waals surface area (Å²) in [5.41, 5.74) is 3.28. The van der Waals surface area contributed by atoms with Crippen molar-refractivity contribution in [3.05, 3.63) is 65.0 Å². The lowest BCUT2D eigenvalue weighted by Crippen LogP contribution is -2.59. The van der Waals surface area contributed by atoms with Gasteiger partial charge in [-0.05, 0) is 91.3 Å². The van der Waals surface area contributed by atoms with Crippen molar-refractivity contribution < 1.29 is 18.7 Å². The average Bonchev–Trinajstić information content (AvgIpc) is 2.78. The molecule has 0 aromatic heterocycles. The van der Waals surface area contributed by atoms with Crippen molar-refractivity contribution in [2.75, 3.05) is 7.11 Å². The molecule has 3 amide bonds. The van der Waals surface area contributed by atoms with Gasteiger partial charge in [0.15, 0.2) is 0 Å². The van der Waals surface area contributed by atoms with Crippen LogP contribution in [0.5, 0.6) is 5.75 Å². The molecule has 0 aliphatic heterocycles. The summed E-state index contributed by atoms with van der Waals surface area (Å²) in [7, 11) is 1.63. The van der Waals surface area contributed by atoms with Crippen LogP contribution in [0, 0.1) is 17.2 Å². The molecule has 0 saturated heterocycles. The minimum absolute atomic E-state index is 0.0152. The highest BCUT2D eigenvalue weighted by atomic mass is 19.1. The molecule has 3 aliphatic rings. The molecule has 6 nitrogen and oxygen atoms in total. The first-order valence-corrected chi connectivity index (χ1v) is 12.2. The van der Waals surface area contributed by atoms with Gasteiger partial charge in [-0.2, -0.15) is 0 Å². The van der Waals surface area contributed by atoms with Crippen LogP contribution in [0.4, 0.5) is 9.18 Å². The van der Waals surface area contributed by atoms with Crippen molar-refractivity contribution in [1.82, 2.24) is 16.0 Å². The number of benzene rings is 2. The molecule has 0 radical (unpaired) electrons. The van der Waals surface area contributed by atoms with E-state index >= 15 is 0 Å². The van der Waals surface area contributed by atoms with Gasteiger partial charge >= 0.3 is 6.03 Å². The average molecular weight is 466 g/mol. The molecular weight excluding hydrogens is 433 g/mol. The van der Waals surface area contributed by atoms with Crippen molar-refractivity contribution in [2.45, 2.75) is 63.6 Å². The first-order valence-electron chi connectivity index (χ1n) is 12.2. The Kier molecular flexibility index (Phi) is 6.19. The van der Waals surface area contributed by atoms with Gasteiger partial charge in [-0.3, -0.25) is 4.79 Å². The van der Waals surface area contributed by atoms with Crippen LogP contribution in [-0.2, 0) is 17.8 Å². The van der Waals surface area contributed by atoms with Crippen LogP contribution in [0.1, 0.15) is 61.3 Å². The second-order valence-corrected chi connectivity index (χ2v) is 10.2. The van der Waals surface area contributed by atoms with Crippen LogP contribution in [0.2, 0.25) is 0 Å². The lowest BCUT2D eigenvalue weighted by Gasteiger charge is -2.57. The van der Waals surface area contributed by atoms with E-state index in [9.17, 15) is 14.0 Å². The zero-order valence-corrected chi connectivity index (χ0v) is 19.5. The monoisotopic (exact) mass is 465 g/mol. The number of hydrogen-bond acceptors (Lipinski definition) is 3. The number of rotatable bonds is 6. The van der Waals surface area contributed by atoms with E-state index in [1.807, 2.05) is 30.3 Å².